The average molecular weight is 515 g/mol. The number of halogens is 1. The van der Waals surface area contributed by atoms with E-state index in [0.29, 0.717) is 27.4 Å². The van der Waals surface area contributed by atoms with Gasteiger partial charge in [-0.25, -0.2) is 0 Å². The van der Waals surface area contributed by atoms with Crippen molar-refractivity contribution in [1.82, 2.24) is 4.90 Å². The first kappa shape index (κ1) is 25.5. The van der Waals surface area contributed by atoms with Crippen LogP contribution in [0.3, 0.4) is 0 Å². The maximum Gasteiger partial charge on any atom is 0.305 e. The minimum absolute atomic E-state index is 0.0334. The lowest BCUT2D eigenvalue weighted by atomic mass is 10.1. The Labute approximate surface area is 218 Å². The third-order valence-corrected chi connectivity index (χ3v) is 6.08. The van der Waals surface area contributed by atoms with Crippen LogP contribution < -0.4 is 10.6 Å². The van der Waals surface area contributed by atoms with Crippen molar-refractivity contribution in [3.63, 3.8) is 0 Å². The maximum absolute atomic E-state index is 13.4. The van der Waals surface area contributed by atoms with Gasteiger partial charge in [-0.05, 0) is 48.0 Å². The van der Waals surface area contributed by atoms with Gasteiger partial charge >= 0.3 is 5.97 Å². The van der Waals surface area contributed by atoms with E-state index in [2.05, 4.69) is 11.8 Å². The first-order chi connectivity index (χ1) is 17.7. The number of amidine groups is 1. The fourth-order valence-corrected chi connectivity index (χ4v) is 4.01. The number of benzene rings is 3. The Hall–Kier alpha value is -4.61. The van der Waals surface area contributed by atoms with Crippen molar-refractivity contribution in [2.75, 3.05) is 18.0 Å². The average Bonchev–Trinajstić information content (AvgIpc) is 2.97. The Bertz CT molecular complexity index is 1440. The zero-order chi connectivity index (χ0) is 26.5. The van der Waals surface area contributed by atoms with Gasteiger partial charge in [-0.2, -0.15) is 0 Å². The molecule has 9 heteroatoms. The lowest BCUT2D eigenvalue weighted by Gasteiger charge is -2.23. The fourth-order valence-electron chi connectivity index (χ4n) is 3.88. The van der Waals surface area contributed by atoms with E-state index in [1.807, 2.05) is 0 Å². The van der Waals surface area contributed by atoms with Gasteiger partial charge in [-0.1, -0.05) is 47.7 Å². The third kappa shape index (κ3) is 6.15. The Morgan fingerprint density at radius 2 is 1.65 bits per heavy atom. The Kier molecular flexibility index (Phi) is 7.56. The van der Waals surface area contributed by atoms with Gasteiger partial charge in [-0.15, -0.1) is 0 Å². The van der Waals surface area contributed by atoms with Crippen molar-refractivity contribution < 1.29 is 19.5 Å². The standard InChI is InChI=1S/C28H23ClN4O4/c29-22-10-5-20(6-11-22)16-33-24-12-7-19(2-1-18-3-8-21(9-4-18)27(30)31)15-23(24)28(37)32(17-25(33)34)14-13-26(35)36/h3-12,15H,13-14,16-17H2,(H3,30,31)(H,35,36). The topological polar surface area (TPSA) is 128 Å². The largest absolute Gasteiger partial charge is 0.481 e. The molecule has 4 rings (SSSR count). The van der Waals surface area contributed by atoms with E-state index in [4.69, 9.17) is 27.9 Å². The number of anilines is 1. The molecule has 186 valence electrons. The molecule has 4 N–H and O–H groups in total. The number of rotatable bonds is 6. The number of hydrogen-bond donors (Lipinski definition) is 3. The number of carbonyl (C=O) groups excluding carboxylic acids is 2. The van der Waals surface area contributed by atoms with Crippen LogP contribution in [-0.4, -0.2) is 46.7 Å². The number of carboxylic acids is 1. The Morgan fingerprint density at radius 3 is 2.30 bits per heavy atom. The molecule has 0 saturated carbocycles. The number of carbonyl (C=O) groups is 3. The molecule has 0 bridgehead atoms. The van der Waals surface area contributed by atoms with Gasteiger partial charge in [-0.3, -0.25) is 19.8 Å². The van der Waals surface area contributed by atoms with Crippen LogP contribution in [0, 0.1) is 17.3 Å². The highest BCUT2D eigenvalue weighted by Crippen LogP contribution is 2.29. The molecule has 0 aromatic heterocycles. The molecule has 1 aliphatic heterocycles. The summed E-state index contributed by atoms with van der Waals surface area (Å²) < 4.78 is 0. The van der Waals surface area contributed by atoms with Gasteiger partial charge in [0.2, 0.25) is 5.91 Å². The molecule has 3 aromatic rings. The van der Waals surface area contributed by atoms with Crippen LogP contribution in [0.1, 0.15) is 39.0 Å². The van der Waals surface area contributed by atoms with E-state index in [-0.39, 0.29) is 43.4 Å². The van der Waals surface area contributed by atoms with Crippen LogP contribution >= 0.6 is 11.6 Å². The van der Waals surface area contributed by atoms with Crippen molar-refractivity contribution in [1.29, 1.82) is 5.41 Å². The lowest BCUT2D eigenvalue weighted by Crippen LogP contribution is -2.40. The SMILES string of the molecule is N=C(N)c1ccc(C#Cc2ccc3c(c2)C(=O)N(CCC(=O)O)CC(=O)N3Cc2ccc(Cl)cc2)cc1. The number of hydrogen-bond acceptors (Lipinski definition) is 4. The van der Waals surface area contributed by atoms with Crippen LogP contribution in [0.15, 0.2) is 66.7 Å². The molecule has 2 amide bonds. The number of nitrogens with zero attached hydrogens (tertiary/aromatic N) is 2. The van der Waals surface area contributed by atoms with Gasteiger partial charge in [0.05, 0.1) is 24.2 Å². The predicted molar refractivity (Wildman–Crippen MR) is 141 cm³/mol. The zero-order valence-corrected chi connectivity index (χ0v) is 20.5. The third-order valence-electron chi connectivity index (χ3n) is 5.83. The number of nitrogens with one attached hydrogen (secondary N) is 1. The van der Waals surface area contributed by atoms with Gasteiger partial charge < -0.3 is 20.6 Å². The van der Waals surface area contributed by atoms with Crippen LogP contribution in [0.25, 0.3) is 0 Å². The van der Waals surface area contributed by atoms with Crippen LogP contribution in [0.5, 0.6) is 0 Å². The second kappa shape index (κ2) is 11.0. The molecule has 0 saturated heterocycles. The monoisotopic (exact) mass is 514 g/mol. The van der Waals surface area contributed by atoms with Crippen molar-refractivity contribution >= 4 is 40.9 Å². The summed E-state index contributed by atoms with van der Waals surface area (Å²) in [5.74, 6) is 4.21. The van der Waals surface area contributed by atoms with Crippen molar-refractivity contribution in [2.24, 2.45) is 5.73 Å². The summed E-state index contributed by atoms with van der Waals surface area (Å²) in [5.41, 5.74) is 8.86. The Morgan fingerprint density at radius 1 is 1.00 bits per heavy atom. The molecular weight excluding hydrogens is 492 g/mol. The number of amides is 2. The molecular formula is C28H23ClN4O4. The number of carboxylic acid groups (broad SMARTS) is 1. The number of nitrogens with two attached hydrogens (primary N) is 1. The summed E-state index contributed by atoms with van der Waals surface area (Å²) in [6.45, 7) is -0.110. The molecule has 37 heavy (non-hydrogen) atoms. The van der Waals surface area contributed by atoms with E-state index in [1.165, 1.54) is 9.80 Å². The van der Waals surface area contributed by atoms with Gasteiger partial charge in [0.1, 0.15) is 12.4 Å². The van der Waals surface area contributed by atoms with Gasteiger partial charge in [0.15, 0.2) is 0 Å². The lowest BCUT2D eigenvalue weighted by molar-refractivity contribution is -0.137. The molecule has 0 fully saturated rings. The van der Waals surface area contributed by atoms with E-state index < -0.39 is 11.9 Å². The fraction of sp³-hybridized carbons (Fsp3) is 0.143. The summed E-state index contributed by atoms with van der Waals surface area (Å²) in [6.07, 6.45) is -0.276. The van der Waals surface area contributed by atoms with Gasteiger partial charge in [0, 0.05) is 28.3 Å². The molecule has 0 spiro atoms. The van der Waals surface area contributed by atoms with Crippen molar-refractivity contribution in [2.45, 2.75) is 13.0 Å². The van der Waals surface area contributed by atoms with E-state index >= 15 is 0 Å². The molecule has 0 radical (unpaired) electrons. The van der Waals surface area contributed by atoms with Crippen molar-refractivity contribution in [3.05, 3.63) is 99.6 Å². The maximum atomic E-state index is 13.4. The predicted octanol–water partition coefficient (Wildman–Crippen LogP) is 3.49. The van der Waals surface area contributed by atoms with Crippen molar-refractivity contribution in [3.8, 4) is 11.8 Å². The summed E-state index contributed by atoms with van der Waals surface area (Å²) in [4.78, 5) is 40.6. The number of nitrogen functional groups attached to an aromatic ring is 1. The first-order valence-electron chi connectivity index (χ1n) is 11.4. The number of aliphatic carboxylic acids is 1. The zero-order valence-electron chi connectivity index (χ0n) is 19.7. The molecule has 0 aliphatic carbocycles. The quantitative estimate of drug-likeness (QED) is 0.263. The van der Waals surface area contributed by atoms with E-state index in [9.17, 15) is 14.4 Å². The van der Waals surface area contributed by atoms with Crippen LogP contribution in [-0.2, 0) is 16.1 Å². The highest BCUT2D eigenvalue weighted by atomic mass is 35.5. The molecule has 3 aromatic carbocycles. The summed E-state index contributed by atoms with van der Waals surface area (Å²) in [6, 6.07) is 19.0. The second-order valence-electron chi connectivity index (χ2n) is 8.45. The smallest absolute Gasteiger partial charge is 0.305 e. The van der Waals surface area contributed by atoms with E-state index in [0.717, 1.165) is 5.56 Å². The Balaban J connectivity index is 1.70. The highest BCUT2D eigenvalue weighted by Gasteiger charge is 2.32. The van der Waals surface area contributed by atoms with Crippen LogP contribution in [0.4, 0.5) is 5.69 Å². The normalized spacial score (nSPS) is 12.9. The molecule has 1 heterocycles. The molecule has 1 aliphatic rings. The molecule has 8 nitrogen and oxygen atoms in total. The summed E-state index contributed by atoms with van der Waals surface area (Å²) in [7, 11) is 0. The summed E-state index contributed by atoms with van der Waals surface area (Å²) >= 11 is 5.99. The first-order valence-corrected chi connectivity index (χ1v) is 11.8. The minimum atomic E-state index is -1.06. The molecule has 0 atom stereocenters. The van der Waals surface area contributed by atoms with Crippen LogP contribution in [0.2, 0.25) is 5.02 Å². The second-order valence-corrected chi connectivity index (χ2v) is 8.89. The molecule has 0 unspecified atom stereocenters. The summed E-state index contributed by atoms with van der Waals surface area (Å²) in [5, 5.41) is 17.2. The van der Waals surface area contributed by atoms with E-state index in [1.54, 1.807) is 66.7 Å². The highest BCUT2D eigenvalue weighted by molar-refractivity contribution is 6.30. The van der Waals surface area contributed by atoms with Gasteiger partial charge in [0.25, 0.3) is 5.91 Å². The minimum Gasteiger partial charge on any atom is -0.481 e. The number of fused-ring (bicyclic) bond motifs is 1.